The predicted octanol–water partition coefficient (Wildman–Crippen LogP) is 4.81. The minimum Gasteiger partial charge on any atom is -0.310 e. The SMILES string of the molecule is Brc1ccc2cc(C3CCCCCN3)ccc2c1. The predicted molar refractivity (Wildman–Crippen MR) is 80.9 cm³/mol. The molecule has 2 aromatic rings. The molecule has 0 amide bonds. The van der Waals surface area contributed by atoms with Crippen molar-refractivity contribution in [1.82, 2.24) is 5.32 Å². The molecule has 1 unspecified atom stereocenters. The molecule has 18 heavy (non-hydrogen) atoms. The van der Waals surface area contributed by atoms with Crippen molar-refractivity contribution in [3.63, 3.8) is 0 Å². The summed E-state index contributed by atoms with van der Waals surface area (Å²) in [6.07, 6.45) is 5.29. The minimum atomic E-state index is 0.542. The first-order valence-corrected chi connectivity index (χ1v) is 7.55. The lowest BCUT2D eigenvalue weighted by Gasteiger charge is -2.16. The maximum absolute atomic E-state index is 3.66. The number of halogens is 1. The standard InChI is InChI=1S/C16H18BrN/c17-15-8-7-12-10-14(6-5-13(12)11-15)16-4-2-1-3-9-18-16/h5-8,10-11,16,18H,1-4,9H2. The molecule has 1 atom stereocenters. The second-order valence-electron chi connectivity index (χ2n) is 5.11. The molecule has 3 rings (SSSR count). The summed E-state index contributed by atoms with van der Waals surface area (Å²) in [5.74, 6) is 0. The number of rotatable bonds is 1. The topological polar surface area (TPSA) is 12.0 Å². The lowest BCUT2D eigenvalue weighted by molar-refractivity contribution is 0.535. The van der Waals surface area contributed by atoms with Crippen molar-refractivity contribution in [3.8, 4) is 0 Å². The van der Waals surface area contributed by atoms with Gasteiger partial charge in [0.2, 0.25) is 0 Å². The normalized spacial score (nSPS) is 20.8. The fourth-order valence-electron chi connectivity index (χ4n) is 2.76. The van der Waals surface area contributed by atoms with Crippen LogP contribution in [0.25, 0.3) is 10.8 Å². The molecule has 1 fully saturated rings. The molecule has 0 bridgehead atoms. The van der Waals surface area contributed by atoms with Gasteiger partial charge in [-0.15, -0.1) is 0 Å². The summed E-state index contributed by atoms with van der Waals surface area (Å²) in [5, 5.41) is 6.31. The molecule has 2 aromatic carbocycles. The maximum Gasteiger partial charge on any atom is 0.0320 e. The second-order valence-corrected chi connectivity index (χ2v) is 6.02. The van der Waals surface area contributed by atoms with E-state index in [9.17, 15) is 0 Å². The number of benzene rings is 2. The van der Waals surface area contributed by atoms with Gasteiger partial charge in [0.1, 0.15) is 0 Å². The first kappa shape index (κ1) is 12.2. The van der Waals surface area contributed by atoms with Crippen molar-refractivity contribution in [2.75, 3.05) is 6.54 Å². The lowest BCUT2D eigenvalue weighted by Crippen LogP contribution is -2.20. The highest BCUT2D eigenvalue weighted by atomic mass is 79.9. The van der Waals surface area contributed by atoms with E-state index in [1.54, 1.807) is 0 Å². The summed E-state index contributed by atoms with van der Waals surface area (Å²) in [6, 6.07) is 13.9. The molecule has 0 aromatic heterocycles. The van der Waals surface area contributed by atoms with E-state index in [-0.39, 0.29) is 0 Å². The summed E-state index contributed by atoms with van der Waals surface area (Å²) in [5.41, 5.74) is 1.44. The van der Waals surface area contributed by atoms with Gasteiger partial charge in [-0.1, -0.05) is 47.0 Å². The minimum absolute atomic E-state index is 0.542. The second kappa shape index (κ2) is 5.41. The van der Waals surface area contributed by atoms with E-state index < -0.39 is 0 Å². The largest absolute Gasteiger partial charge is 0.310 e. The Balaban J connectivity index is 1.94. The van der Waals surface area contributed by atoms with Gasteiger partial charge in [0, 0.05) is 10.5 Å². The van der Waals surface area contributed by atoms with Gasteiger partial charge in [0.05, 0.1) is 0 Å². The first-order valence-electron chi connectivity index (χ1n) is 6.75. The van der Waals surface area contributed by atoms with Gasteiger partial charge >= 0.3 is 0 Å². The van der Waals surface area contributed by atoms with Crippen molar-refractivity contribution < 1.29 is 0 Å². The summed E-state index contributed by atoms with van der Waals surface area (Å²) in [6.45, 7) is 1.16. The number of hydrogen-bond donors (Lipinski definition) is 1. The van der Waals surface area contributed by atoms with Gasteiger partial charge in [-0.2, -0.15) is 0 Å². The monoisotopic (exact) mass is 303 g/mol. The van der Waals surface area contributed by atoms with E-state index in [0.29, 0.717) is 6.04 Å². The summed E-state index contributed by atoms with van der Waals surface area (Å²) in [7, 11) is 0. The fourth-order valence-corrected chi connectivity index (χ4v) is 3.14. The highest BCUT2D eigenvalue weighted by Gasteiger charge is 2.13. The first-order chi connectivity index (χ1) is 8.83. The molecule has 0 spiro atoms. The van der Waals surface area contributed by atoms with Crippen LogP contribution in [0, 0.1) is 0 Å². The Morgan fingerprint density at radius 2 is 1.78 bits per heavy atom. The van der Waals surface area contributed by atoms with Crippen LogP contribution in [-0.2, 0) is 0 Å². The quantitative estimate of drug-likeness (QED) is 0.797. The van der Waals surface area contributed by atoms with E-state index in [4.69, 9.17) is 0 Å². The van der Waals surface area contributed by atoms with Gasteiger partial charge in [0.15, 0.2) is 0 Å². The van der Waals surface area contributed by atoms with Crippen LogP contribution in [0.5, 0.6) is 0 Å². The zero-order chi connectivity index (χ0) is 12.4. The van der Waals surface area contributed by atoms with Crippen molar-refractivity contribution in [2.24, 2.45) is 0 Å². The third-order valence-corrected chi connectivity index (χ3v) is 4.28. The van der Waals surface area contributed by atoms with Crippen molar-refractivity contribution >= 4 is 26.7 Å². The molecule has 1 N–H and O–H groups in total. The molecule has 0 saturated carbocycles. The molecular weight excluding hydrogens is 286 g/mol. The molecular formula is C16H18BrN. The highest BCUT2D eigenvalue weighted by molar-refractivity contribution is 9.10. The average molecular weight is 304 g/mol. The summed E-state index contributed by atoms with van der Waals surface area (Å²) < 4.78 is 1.15. The molecule has 2 heteroatoms. The van der Waals surface area contributed by atoms with Crippen LogP contribution >= 0.6 is 15.9 Å². The van der Waals surface area contributed by atoms with Crippen molar-refractivity contribution in [3.05, 3.63) is 46.4 Å². The molecule has 0 aliphatic carbocycles. The molecule has 1 aliphatic heterocycles. The lowest BCUT2D eigenvalue weighted by atomic mass is 9.99. The molecule has 1 nitrogen and oxygen atoms in total. The van der Waals surface area contributed by atoms with E-state index >= 15 is 0 Å². The van der Waals surface area contributed by atoms with Gasteiger partial charge < -0.3 is 5.32 Å². The summed E-state index contributed by atoms with van der Waals surface area (Å²) in [4.78, 5) is 0. The van der Waals surface area contributed by atoms with E-state index in [0.717, 1.165) is 11.0 Å². The average Bonchev–Trinajstić information content (AvgIpc) is 2.67. The maximum atomic E-state index is 3.66. The number of fused-ring (bicyclic) bond motifs is 1. The van der Waals surface area contributed by atoms with E-state index in [2.05, 4.69) is 57.6 Å². The van der Waals surface area contributed by atoms with Crippen LogP contribution in [-0.4, -0.2) is 6.54 Å². The van der Waals surface area contributed by atoms with E-state index in [1.807, 2.05) is 0 Å². The van der Waals surface area contributed by atoms with Gasteiger partial charge in [0.25, 0.3) is 0 Å². The Hall–Kier alpha value is -0.860. The fraction of sp³-hybridized carbons (Fsp3) is 0.375. The Bertz CT molecular complexity index is 542. The Labute approximate surface area is 117 Å². The Morgan fingerprint density at radius 1 is 0.944 bits per heavy atom. The van der Waals surface area contributed by atoms with Gasteiger partial charge in [-0.25, -0.2) is 0 Å². The molecule has 1 heterocycles. The van der Waals surface area contributed by atoms with Crippen LogP contribution in [0.15, 0.2) is 40.9 Å². The van der Waals surface area contributed by atoms with Crippen molar-refractivity contribution in [1.29, 1.82) is 0 Å². The Kier molecular flexibility index (Phi) is 3.67. The third-order valence-electron chi connectivity index (χ3n) is 3.79. The molecule has 0 radical (unpaired) electrons. The van der Waals surface area contributed by atoms with Gasteiger partial charge in [-0.05, 0) is 53.9 Å². The number of hydrogen-bond acceptors (Lipinski definition) is 1. The van der Waals surface area contributed by atoms with Crippen LogP contribution < -0.4 is 5.32 Å². The van der Waals surface area contributed by atoms with Crippen LogP contribution in [0.3, 0.4) is 0 Å². The summed E-state index contributed by atoms with van der Waals surface area (Å²) >= 11 is 3.53. The zero-order valence-electron chi connectivity index (χ0n) is 10.5. The highest BCUT2D eigenvalue weighted by Crippen LogP contribution is 2.27. The molecule has 1 saturated heterocycles. The molecule has 1 aliphatic rings. The Morgan fingerprint density at radius 3 is 2.72 bits per heavy atom. The van der Waals surface area contributed by atoms with Crippen LogP contribution in [0.4, 0.5) is 0 Å². The smallest absolute Gasteiger partial charge is 0.0320 e. The van der Waals surface area contributed by atoms with Crippen LogP contribution in [0.2, 0.25) is 0 Å². The zero-order valence-corrected chi connectivity index (χ0v) is 12.0. The molecule has 94 valence electrons. The van der Waals surface area contributed by atoms with Gasteiger partial charge in [-0.3, -0.25) is 0 Å². The van der Waals surface area contributed by atoms with E-state index in [1.165, 1.54) is 42.0 Å². The van der Waals surface area contributed by atoms with Crippen molar-refractivity contribution in [2.45, 2.75) is 31.7 Å². The van der Waals surface area contributed by atoms with Crippen LogP contribution in [0.1, 0.15) is 37.3 Å². The third kappa shape index (κ3) is 2.60. The number of nitrogens with one attached hydrogen (secondary N) is 1.